The fourth-order valence-corrected chi connectivity index (χ4v) is 2.84. The molecule has 1 aliphatic heterocycles. The minimum atomic E-state index is -0.831. The van der Waals surface area contributed by atoms with Gasteiger partial charge in [0.15, 0.2) is 0 Å². The molecular weight excluding hydrogens is 242 g/mol. The molecule has 2 rings (SSSR count). The van der Waals surface area contributed by atoms with Crippen molar-refractivity contribution in [2.75, 3.05) is 27.3 Å². The lowest BCUT2D eigenvalue weighted by molar-refractivity contribution is -0.193. The van der Waals surface area contributed by atoms with E-state index in [1.54, 1.807) is 0 Å². The molecule has 0 spiro atoms. The normalized spacial score (nSPS) is 19.0. The first-order valence-electron chi connectivity index (χ1n) is 6.43. The molecule has 1 fully saturated rings. The van der Waals surface area contributed by atoms with Crippen molar-refractivity contribution in [2.45, 2.75) is 19.9 Å². The lowest BCUT2D eigenvalue weighted by atomic mass is 9.73. The molecule has 0 bridgehead atoms. The predicted molar refractivity (Wildman–Crippen MR) is 73.2 cm³/mol. The Morgan fingerprint density at radius 3 is 2.42 bits per heavy atom. The minimum Gasteiger partial charge on any atom is -0.481 e. The summed E-state index contributed by atoms with van der Waals surface area (Å²) in [6, 6.07) is 6.02. The van der Waals surface area contributed by atoms with Crippen molar-refractivity contribution >= 4 is 5.97 Å². The van der Waals surface area contributed by atoms with Gasteiger partial charge in [-0.25, -0.2) is 0 Å². The highest BCUT2D eigenvalue weighted by Gasteiger charge is 2.54. The quantitative estimate of drug-likeness (QED) is 0.902. The zero-order valence-electron chi connectivity index (χ0n) is 11.9. The van der Waals surface area contributed by atoms with Gasteiger partial charge in [-0.3, -0.25) is 4.79 Å². The molecule has 19 heavy (non-hydrogen) atoms. The number of carboxylic acid groups (broad SMARTS) is 1. The number of benzene rings is 1. The van der Waals surface area contributed by atoms with Crippen molar-refractivity contribution in [2.24, 2.45) is 5.41 Å². The van der Waals surface area contributed by atoms with Crippen molar-refractivity contribution < 1.29 is 14.6 Å². The minimum absolute atomic E-state index is 0.168. The van der Waals surface area contributed by atoms with Crippen LogP contribution in [0, 0.1) is 19.3 Å². The second-order valence-electron chi connectivity index (χ2n) is 5.68. The van der Waals surface area contributed by atoms with Crippen LogP contribution in [0.4, 0.5) is 0 Å². The van der Waals surface area contributed by atoms with Gasteiger partial charge in [-0.1, -0.05) is 23.8 Å². The number of carbonyl (C=O) groups is 1. The second kappa shape index (κ2) is 4.94. The Labute approximate surface area is 114 Å². The monoisotopic (exact) mass is 263 g/mol. The maximum Gasteiger partial charge on any atom is 0.316 e. The molecule has 1 heterocycles. The summed E-state index contributed by atoms with van der Waals surface area (Å²) in [7, 11) is 3.85. The molecule has 0 amide bonds. The van der Waals surface area contributed by atoms with E-state index >= 15 is 0 Å². The Morgan fingerprint density at radius 1 is 1.37 bits per heavy atom. The molecule has 104 valence electrons. The molecule has 1 aromatic rings. The van der Waals surface area contributed by atoms with Crippen LogP contribution in [0.3, 0.4) is 0 Å². The SMILES string of the molecule is Cc1ccc(C)c(C(N(C)C)C2(C(=O)O)COC2)c1. The van der Waals surface area contributed by atoms with Crippen LogP contribution in [0.1, 0.15) is 22.7 Å². The predicted octanol–water partition coefficient (Wildman–Crippen LogP) is 2.01. The van der Waals surface area contributed by atoms with E-state index < -0.39 is 11.4 Å². The van der Waals surface area contributed by atoms with Crippen LogP contribution >= 0.6 is 0 Å². The van der Waals surface area contributed by atoms with E-state index in [4.69, 9.17) is 4.74 Å². The molecule has 0 saturated carbocycles. The molecule has 1 atom stereocenters. The number of nitrogens with zero attached hydrogens (tertiary/aromatic N) is 1. The van der Waals surface area contributed by atoms with Gasteiger partial charge in [-0.15, -0.1) is 0 Å². The fraction of sp³-hybridized carbons (Fsp3) is 0.533. The molecule has 0 aromatic heterocycles. The number of hydrogen-bond donors (Lipinski definition) is 1. The highest BCUT2D eigenvalue weighted by molar-refractivity contribution is 5.77. The van der Waals surface area contributed by atoms with E-state index in [0.717, 1.165) is 16.7 Å². The third-order valence-electron chi connectivity index (χ3n) is 3.91. The molecule has 0 radical (unpaired) electrons. The van der Waals surface area contributed by atoms with Gasteiger partial charge in [0.2, 0.25) is 0 Å². The summed E-state index contributed by atoms with van der Waals surface area (Å²) in [6.07, 6.45) is 0. The van der Waals surface area contributed by atoms with E-state index in [1.807, 2.05) is 32.8 Å². The molecule has 4 heteroatoms. The third kappa shape index (κ3) is 2.26. The molecular formula is C15H21NO3. The van der Waals surface area contributed by atoms with Crippen LogP contribution in [0.25, 0.3) is 0 Å². The van der Waals surface area contributed by atoms with Gasteiger partial charge >= 0.3 is 5.97 Å². The van der Waals surface area contributed by atoms with Crippen molar-refractivity contribution in [1.29, 1.82) is 0 Å². The molecule has 1 unspecified atom stereocenters. The first kappa shape index (κ1) is 14.0. The van der Waals surface area contributed by atoms with Crippen LogP contribution in [0.5, 0.6) is 0 Å². The fourth-order valence-electron chi connectivity index (χ4n) is 2.84. The average Bonchev–Trinajstić information content (AvgIpc) is 2.26. The van der Waals surface area contributed by atoms with E-state index in [-0.39, 0.29) is 19.3 Å². The van der Waals surface area contributed by atoms with Crippen molar-refractivity contribution in [1.82, 2.24) is 4.90 Å². The summed E-state index contributed by atoms with van der Waals surface area (Å²) in [5, 5.41) is 9.62. The van der Waals surface area contributed by atoms with Gasteiger partial charge in [0.05, 0.1) is 19.3 Å². The lowest BCUT2D eigenvalue weighted by Crippen LogP contribution is -2.56. The van der Waals surface area contributed by atoms with Crippen LogP contribution in [-0.4, -0.2) is 43.3 Å². The molecule has 0 aliphatic carbocycles. The van der Waals surface area contributed by atoms with Gasteiger partial charge in [-0.05, 0) is 39.1 Å². The number of rotatable bonds is 4. The van der Waals surface area contributed by atoms with E-state index in [1.165, 1.54) is 0 Å². The Hall–Kier alpha value is -1.39. The van der Waals surface area contributed by atoms with Crippen molar-refractivity contribution in [3.63, 3.8) is 0 Å². The first-order valence-corrected chi connectivity index (χ1v) is 6.43. The summed E-state index contributed by atoms with van der Waals surface area (Å²) in [6.45, 7) is 4.61. The number of carboxylic acids is 1. The van der Waals surface area contributed by atoms with Crippen LogP contribution in [0.15, 0.2) is 18.2 Å². The summed E-state index contributed by atoms with van der Waals surface area (Å²) in [5.74, 6) is -0.779. The van der Waals surface area contributed by atoms with E-state index in [0.29, 0.717) is 0 Å². The first-order chi connectivity index (χ1) is 8.88. The van der Waals surface area contributed by atoms with Gasteiger partial charge < -0.3 is 14.7 Å². The van der Waals surface area contributed by atoms with Crippen molar-refractivity contribution in [3.8, 4) is 0 Å². The highest BCUT2D eigenvalue weighted by atomic mass is 16.5. The largest absolute Gasteiger partial charge is 0.481 e. The Morgan fingerprint density at radius 2 is 2.00 bits per heavy atom. The number of aryl methyl sites for hydroxylation is 2. The van der Waals surface area contributed by atoms with E-state index in [9.17, 15) is 9.90 Å². The zero-order valence-corrected chi connectivity index (χ0v) is 11.9. The smallest absolute Gasteiger partial charge is 0.316 e. The Kier molecular flexibility index (Phi) is 3.65. The maximum absolute atomic E-state index is 11.7. The second-order valence-corrected chi connectivity index (χ2v) is 5.68. The van der Waals surface area contributed by atoms with Gasteiger partial charge in [0.1, 0.15) is 5.41 Å². The summed E-state index contributed by atoms with van der Waals surface area (Å²) < 4.78 is 5.21. The van der Waals surface area contributed by atoms with Gasteiger partial charge in [-0.2, -0.15) is 0 Å². The lowest BCUT2D eigenvalue weighted by Gasteiger charge is -2.46. The van der Waals surface area contributed by atoms with Gasteiger partial charge in [0.25, 0.3) is 0 Å². The summed E-state index contributed by atoms with van der Waals surface area (Å²) in [4.78, 5) is 13.7. The van der Waals surface area contributed by atoms with Gasteiger partial charge in [0, 0.05) is 0 Å². The zero-order chi connectivity index (χ0) is 14.2. The summed E-state index contributed by atoms with van der Waals surface area (Å²) >= 11 is 0. The molecule has 4 nitrogen and oxygen atoms in total. The number of hydrogen-bond acceptors (Lipinski definition) is 3. The Balaban J connectivity index is 2.52. The molecule has 1 saturated heterocycles. The number of aliphatic carboxylic acids is 1. The maximum atomic E-state index is 11.7. The van der Waals surface area contributed by atoms with Crippen LogP contribution in [0.2, 0.25) is 0 Å². The molecule has 1 aliphatic rings. The molecule has 1 N–H and O–H groups in total. The Bertz CT molecular complexity index is 492. The standard InChI is InChI=1S/C15H21NO3/c1-10-5-6-11(2)12(7-10)13(16(3)4)15(14(17)18)8-19-9-15/h5-7,13H,8-9H2,1-4H3,(H,17,18). The van der Waals surface area contributed by atoms with Crippen molar-refractivity contribution in [3.05, 3.63) is 34.9 Å². The topological polar surface area (TPSA) is 49.8 Å². The van der Waals surface area contributed by atoms with Crippen LogP contribution in [-0.2, 0) is 9.53 Å². The van der Waals surface area contributed by atoms with Crippen LogP contribution < -0.4 is 0 Å². The molecule has 1 aromatic carbocycles. The summed E-state index contributed by atoms with van der Waals surface area (Å²) in [5.41, 5.74) is 2.52. The average molecular weight is 263 g/mol. The highest BCUT2D eigenvalue weighted by Crippen LogP contribution is 2.44. The third-order valence-corrected chi connectivity index (χ3v) is 3.91. The number of ether oxygens (including phenoxy) is 1. The van der Waals surface area contributed by atoms with E-state index in [2.05, 4.69) is 18.2 Å².